The topological polar surface area (TPSA) is 36.4 Å². The van der Waals surface area contributed by atoms with Gasteiger partial charge in [-0.05, 0) is 14.8 Å². The summed E-state index contributed by atoms with van der Waals surface area (Å²) in [6.07, 6.45) is 2.59. The van der Waals surface area contributed by atoms with Gasteiger partial charge >= 0.3 is 0 Å². The van der Waals surface area contributed by atoms with Crippen LogP contribution in [0.5, 0.6) is 0 Å². The van der Waals surface area contributed by atoms with Gasteiger partial charge in [0.15, 0.2) is 0 Å². The van der Waals surface area contributed by atoms with Crippen LogP contribution in [-0.2, 0) is 4.74 Å². The molecule has 0 aliphatic carbocycles. The van der Waals surface area contributed by atoms with Crippen molar-refractivity contribution in [2.45, 2.75) is 12.5 Å². The Morgan fingerprint density at radius 1 is 1.86 bits per heavy atom. The average Bonchev–Trinajstić information content (AvgIpc) is 2.42. The van der Waals surface area contributed by atoms with E-state index in [0.717, 1.165) is 27.6 Å². The maximum atomic E-state index is 6.74. The highest BCUT2D eigenvalue weighted by Gasteiger charge is 2.20. The van der Waals surface area contributed by atoms with E-state index in [1.54, 1.807) is 0 Å². The molecule has 0 spiro atoms. The number of hydrogen-bond donors (Lipinski definition) is 1. The van der Waals surface area contributed by atoms with E-state index in [1.165, 1.54) is 0 Å². The van der Waals surface area contributed by atoms with E-state index in [4.69, 9.17) is 9.90 Å². The van der Waals surface area contributed by atoms with Gasteiger partial charge in [-0.1, -0.05) is 0 Å². The van der Waals surface area contributed by atoms with Crippen molar-refractivity contribution in [1.29, 1.82) is 5.16 Å². The van der Waals surface area contributed by atoms with Crippen molar-refractivity contribution >= 4 is 8.37 Å². The number of epoxide rings is 1. The lowest BCUT2D eigenvalue weighted by Gasteiger charge is -1.80. The van der Waals surface area contributed by atoms with E-state index >= 15 is 0 Å². The molecular formula is C4H8NOP. The zero-order chi connectivity index (χ0) is 5.11. The fourth-order valence-corrected chi connectivity index (χ4v) is 0.860. The molecule has 3 heteroatoms. The molecule has 0 radical (unpaired) electrons. The zero-order valence-corrected chi connectivity index (χ0v) is 4.95. The number of hydrogen-bond acceptors (Lipinski definition) is 2. The van der Waals surface area contributed by atoms with Crippen LogP contribution in [0.25, 0.3) is 0 Å². The molecule has 1 aliphatic rings. The maximum absolute atomic E-state index is 6.74. The molecule has 1 aliphatic heterocycles. The first kappa shape index (κ1) is 5.20. The summed E-state index contributed by atoms with van der Waals surface area (Å²) in [5.74, 6) is 0. The molecule has 0 saturated carbocycles. The average molecular weight is 117 g/mol. The van der Waals surface area contributed by atoms with E-state index in [9.17, 15) is 0 Å². The molecule has 0 aromatic rings. The summed E-state index contributed by atoms with van der Waals surface area (Å²) in [5, 5.41) is 6.74. The molecule has 1 atom stereocenters. The first-order valence-electron chi connectivity index (χ1n) is 2.38. The molecule has 1 rings (SSSR count). The lowest BCUT2D eigenvalue weighted by atomic mass is 10.4. The van der Waals surface area contributed by atoms with E-state index in [0.29, 0.717) is 6.10 Å². The normalized spacial score (nSPS) is 28.3. The summed E-state index contributed by atoms with van der Waals surface area (Å²) in [4.78, 5) is 0. The Kier molecular flexibility index (Phi) is 1.77. The first-order chi connectivity index (χ1) is 3.43. The molecule has 0 aromatic carbocycles. The van der Waals surface area contributed by atoms with Crippen molar-refractivity contribution in [3.8, 4) is 0 Å². The summed E-state index contributed by atoms with van der Waals surface area (Å²) in [6, 6.07) is 0. The van der Waals surface area contributed by atoms with Crippen LogP contribution in [-0.4, -0.2) is 18.9 Å². The van der Waals surface area contributed by atoms with Crippen molar-refractivity contribution in [2.75, 3.05) is 12.8 Å². The molecule has 0 amide bonds. The fourth-order valence-electron chi connectivity index (χ4n) is 0.443. The smallest absolute Gasteiger partial charge is 0.0816 e. The van der Waals surface area contributed by atoms with E-state index in [1.807, 2.05) is 0 Å². The first-order valence-corrected chi connectivity index (χ1v) is 3.46. The van der Waals surface area contributed by atoms with Crippen LogP contribution in [0.1, 0.15) is 6.42 Å². The SMILES string of the molecule is N=PCCC1CO1. The van der Waals surface area contributed by atoms with Crippen molar-refractivity contribution in [2.24, 2.45) is 0 Å². The second kappa shape index (κ2) is 2.39. The van der Waals surface area contributed by atoms with Gasteiger partial charge in [-0.15, -0.1) is 0 Å². The Labute approximate surface area is 44.6 Å². The van der Waals surface area contributed by atoms with Crippen LogP contribution in [0.3, 0.4) is 0 Å². The maximum Gasteiger partial charge on any atom is 0.0816 e. The summed E-state index contributed by atoms with van der Waals surface area (Å²) < 4.78 is 4.92. The Bertz CT molecular complexity index is 72.1. The van der Waals surface area contributed by atoms with Crippen LogP contribution in [0.2, 0.25) is 0 Å². The van der Waals surface area contributed by atoms with Crippen LogP contribution in [0, 0.1) is 5.16 Å². The van der Waals surface area contributed by atoms with Gasteiger partial charge in [-0.25, -0.2) is 0 Å². The molecule has 1 saturated heterocycles. The lowest BCUT2D eigenvalue weighted by molar-refractivity contribution is 0.404. The predicted molar refractivity (Wildman–Crippen MR) is 28.9 cm³/mol. The highest BCUT2D eigenvalue weighted by atomic mass is 31.1. The standard InChI is InChI=1S/C4H8NOP/c5-7-2-1-4-3-6-4/h4-5H,1-3H2. The van der Waals surface area contributed by atoms with E-state index in [2.05, 4.69) is 0 Å². The minimum Gasteiger partial charge on any atom is -0.373 e. The minimum atomic E-state index is 0.526. The number of ether oxygens (including phenoxy) is 1. The lowest BCUT2D eigenvalue weighted by Crippen LogP contribution is -1.82. The molecule has 1 unspecified atom stereocenters. The highest BCUT2D eigenvalue weighted by molar-refractivity contribution is 7.25. The van der Waals surface area contributed by atoms with Crippen LogP contribution in [0.15, 0.2) is 0 Å². The number of nitrogens with one attached hydrogen (secondary N) is 1. The molecule has 40 valence electrons. The van der Waals surface area contributed by atoms with Crippen LogP contribution >= 0.6 is 8.37 Å². The van der Waals surface area contributed by atoms with Crippen molar-refractivity contribution < 1.29 is 4.74 Å². The molecule has 7 heavy (non-hydrogen) atoms. The summed E-state index contributed by atoms with van der Waals surface area (Å²) in [5.41, 5.74) is 0. The van der Waals surface area contributed by atoms with Gasteiger partial charge in [0.1, 0.15) is 0 Å². The van der Waals surface area contributed by atoms with Crippen molar-refractivity contribution in [3.63, 3.8) is 0 Å². The van der Waals surface area contributed by atoms with Crippen LogP contribution < -0.4 is 0 Å². The third-order valence-corrected chi connectivity index (χ3v) is 1.45. The third-order valence-electron chi connectivity index (χ3n) is 0.965. The molecule has 2 nitrogen and oxygen atoms in total. The van der Waals surface area contributed by atoms with Gasteiger partial charge in [0.2, 0.25) is 0 Å². The van der Waals surface area contributed by atoms with E-state index in [-0.39, 0.29) is 0 Å². The van der Waals surface area contributed by atoms with Crippen LogP contribution in [0.4, 0.5) is 0 Å². The van der Waals surface area contributed by atoms with E-state index < -0.39 is 0 Å². The zero-order valence-electron chi connectivity index (χ0n) is 4.05. The Morgan fingerprint density at radius 3 is 3.00 bits per heavy atom. The number of rotatable bonds is 3. The highest BCUT2D eigenvalue weighted by Crippen LogP contribution is 2.15. The van der Waals surface area contributed by atoms with Gasteiger partial charge < -0.3 is 4.74 Å². The Morgan fingerprint density at radius 2 is 2.57 bits per heavy atom. The molecule has 0 aromatic heterocycles. The summed E-state index contributed by atoms with van der Waals surface area (Å²) in [6.45, 7) is 0.940. The quantitative estimate of drug-likeness (QED) is 0.441. The van der Waals surface area contributed by atoms with Gasteiger partial charge in [0.05, 0.1) is 12.7 Å². The second-order valence-corrected chi connectivity index (χ2v) is 2.39. The molecule has 0 bridgehead atoms. The van der Waals surface area contributed by atoms with Gasteiger partial charge in [-0.2, -0.15) is 0 Å². The molecule has 1 fully saturated rings. The second-order valence-electron chi connectivity index (χ2n) is 1.63. The largest absolute Gasteiger partial charge is 0.373 e. The molecular weight excluding hydrogens is 109 g/mol. The summed E-state index contributed by atoms with van der Waals surface area (Å²) >= 11 is 0. The Balaban J connectivity index is 1.88. The van der Waals surface area contributed by atoms with Gasteiger partial charge in [0.25, 0.3) is 0 Å². The Hall–Kier alpha value is 0.0600. The van der Waals surface area contributed by atoms with Crippen molar-refractivity contribution in [1.82, 2.24) is 0 Å². The fraction of sp³-hybridized carbons (Fsp3) is 1.00. The molecule has 1 N–H and O–H groups in total. The molecule has 1 heterocycles. The minimum absolute atomic E-state index is 0.526. The van der Waals surface area contributed by atoms with Gasteiger partial charge in [0, 0.05) is 6.16 Å². The predicted octanol–water partition coefficient (Wildman–Crippen LogP) is 1.48. The monoisotopic (exact) mass is 117 g/mol. The third kappa shape index (κ3) is 2.00. The van der Waals surface area contributed by atoms with Gasteiger partial charge in [-0.3, -0.25) is 5.16 Å². The summed E-state index contributed by atoms with van der Waals surface area (Å²) in [7, 11) is 0.750. The van der Waals surface area contributed by atoms with Crippen molar-refractivity contribution in [3.05, 3.63) is 0 Å².